The van der Waals surface area contributed by atoms with Crippen molar-refractivity contribution in [1.82, 2.24) is 25.1 Å². The third-order valence-electron chi connectivity index (χ3n) is 2.26. The van der Waals surface area contributed by atoms with Crippen molar-refractivity contribution >= 4 is 11.0 Å². The first kappa shape index (κ1) is 10.8. The van der Waals surface area contributed by atoms with E-state index in [0.717, 1.165) is 24.1 Å². The molecule has 2 heterocycles. The van der Waals surface area contributed by atoms with Gasteiger partial charge in [-0.15, -0.1) is 0 Å². The van der Waals surface area contributed by atoms with Crippen molar-refractivity contribution in [3.63, 3.8) is 0 Å². The van der Waals surface area contributed by atoms with Gasteiger partial charge in [0.25, 0.3) is 0 Å². The number of hydrogen-bond donors (Lipinski definition) is 1. The quantitative estimate of drug-likeness (QED) is 0.738. The Morgan fingerprint density at radius 2 is 2.31 bits per heavy atom. The average Bonchev–Trinajstić information content (AvgIpc) is 2.68. The van der Waals surface area contributed by atoms with Crippen molar-refractivity contribution in [2.45, 2.75) is 6.92 Å². The van der Waals surface area contributed by atoms with Gasteiger partial charge in [0.1, 0.15) is 18.3 Å². The second-order valence-corrected chi connectivity index (χ2v) is 3.39. The number of hydrogen-bond acceptors (Lipinski definition) is 5. The third kappa shape index (κ3) is 2.11. The molecule has 0 saturated heterocycles. The molecule has 0 aromatic carbocycles. The maximum absolute atomic E-state index is 5.57. The van der Waals surface area contributed by atoms with E-state index in [9.17, 15) is 0 Å². The normalized spacial score (nSPS) is 10.9. The first-order valence-corrected chi connectivity index (χ1v) is 5.29. The molecular weight excluding hydrogens is 206 g/mol. The number of nitrogens with zero attached hydrogens (tertiary/aromatic N) is 4. The predicted molar refractivity (Wildman–Crippen MR) is 60.3 cm³/mol. The molecule has 16 heavy (non-hydrogen) atoms. The van der Waals surface area contributed by atoms with Crippen LogP contribution >= 0.6 is 0 Å². The minimum absolute atomic E-state index is 0.592. The third-order valence-corrected chi connectivity index (χ3v) is 2.26. The molecule has 6 nitrogen and oxygen atoms in total. The Labute approximate surface area is 93.6 Å². The fourth-order valence-electron chi connectivity index (χ4n) is 1.45. The molecule has 0 saturated carbocycles. The van der Waals surface area contributed by atoms with Gasteiger partial charge in [0.2, 0.25) is 5.88 Å². The first-order chi connectivity index (χ1) is 7.83. The van der Waals surface area contributed by atoms with Gasteiger partial charge in [-0.2, -0.15) is 5.10 Å². The van der Waals surface area contributed by atoms with Crippen LogP contribution in [0.1, 0.15) is 6.92 Å². The van der Waals surface area contributed by atoms with Gasteiger partial charge >= 0.3 is 0 Å². The highest BCUT2D eigenvalue weighted by atomic mass is 16.5. The molecule has 0 spiro atoms. The number of rotatable bonds is 5. The number of aryl methyl sites for hydroxylation is 1. The van der Waals surface area contributed by atoms with Gasteiger partial charge in [-0.05, 0) is 6.54 Å². The Morgan fingerprint density at radius 3 is 3.12 bits per heavy atom. The molecule has 1 N–H and O–H groups in total. The number of fused-ring (bicyclic) bond motifs is 1. The van der Waals surface area contributed by atoms with Crippen LogP contribution < -0.4 is 10.1 Å². The van der Waals surface area contributed by atoms with Gasteiger partial charge in [0.05, 0.1) is 6.20 Å². The molecule has 0 aliphatic carbocycles. The summed E-state index contributed by atoms with van der Waals surface area (Å²) >= 11 is 0. The smallest absolute Gasteiger partial charge is 0.227 e. The van der Waals surface area contributed by atoms with Gasteiger partial charge in [-0.3, -0.25) is 4.68 Å². The van der Waals surface area contributed by atoms with Crippen LogP contribution in [0, 0.1) is 0 Å². The molecule has 0 atom stereocenters. The Hall–Kier alpha value is -1.69. The summed E-state index contributed by atoms with van der Waals surface area (Å²) in [4.78, 5) is 8.24. The van der Waals surface area contributed by atoms with Crippen molar-refractivity contribution in [3.8, 4) is 5.88 Å². The SMILES string of the molecule is CCNCCOc1ncnc2c1cnn2C. The second-order valence-electron chi connectivity index (χ2n) is 3.39. The highest BCUT2D eigenvalue weighted by molar-refractivity contribution is 5.79. The Morgan fingerprint density at radius 1 is 1.44 bits per heavy atom. The standard InChI is InChI=1S/C10H15N5O/c1-3-11-4-5-16-10-8-6-14-15(2)9(8)12-7-13-10/h6-7,11H,3-5H2,1-2H3. The Kier molecular flexibility index (Phi) is 3.31. The van der Waals surface area contributed by atoms with E-state index in [1.54, 1.807) is 10.9 Å². The number of likely N-dealkylation sites (N-methyl/N-ethyl adjacent to an activating group) is 1. The van der Waals surface area contributed by atoms with Crippen LogP contribution in [-0.2, 0) is 7.05 Å². The van der Waals surface area contributed by atoms with E-state index in [2.05, 4.69) is 27.3 Å². The summed E-state index contributed by atoms with van der Waals surface area (Å²) in [6.07, 6.45) is 3.21. The predicted octanol–water partition coefficient (Wildman–Crippen LogP) is 0.352. The van der Waals surface area contributed by atoms with Gasteiger partial charge in [-0.1, -0.05) is 6.92 Å². The van der Waals surface area contributed by atoms with E-state index >= 15 is 0 Å². The largest absolute Gasteiger partial charge is 0.476 e. The lowest BCUT2D eigenvalue weighted by Gasteiger charge is -2.05. The minimum Gasteiger partial charge on any atom is -0.476 e. The van der Waals surface area contributed by atoms with E-state index in [-0.39, 0.29) is 0 Å². The van der Waals surface area contributed by atoms with Crippen LogP contribution in [0.25, 0.3) is 11.0 Å². The van der Waals surface area contributed by atoms with Crippen molar-refractivity contribution in [1.29, 1.82) is 0 Å². The number of aromatic nitrogens is 4. The summed E-state index contributed by atoms with van der Waals surface area (Å²) in [5, 5.41) is 8.15. The molecule has 0 amide bonds. The van der Waals surface area contributed by atoms with Crippen LogP contribution in [0.2, 0.25) is 0 Å². The summed E-state index contributed by atoms with van der Waals surface area (Å²) in [7, 11) is 1.84. The summed E-state index contributed by atoms with van der Waals surface area (Å²) in [6, 6.07) is 0. The van der Waals surface area contributed by atoms with E-state index < -0.39 is 0 Å². The maximum atomic E-state index is 5.57. The average molecular weight is 221 g/mol. The zero-order valence-corrected chi connectivity index (χ0v) is 9.47. The summed E-state index contributed by atoms with van der Waals surface area (Å²) in [5.74, 6) is 0.594. The molecule has 0 bridgehead atoms. The summed E-state index contributed by atoms with van der Waals surface area (Å²) in [5.41, 5.74) is 0.786. The van der Waals surface area contributed by atoms with Crippen LogP contribution in [0.5, 0.6) is 5.88 Å². The molecule has 0 fully saturated rings. The zero-order valence-electron chi connectivity index (χ0n) is 9.47. The zero-order chi connectivity index (χ0) is 11.4. The lowest BCUT2D eigenvalue weighted by Crippen LogP contribution is -2.20. The van der Waals surface area contributed by atoms with Crippen LogP contribution in [-0.4, -0.2) is 39.4 Å². The highest BCUT2D eigenvalue weighted by Crippen LogP contribution is 2.19. The van der Waals surface area contributed by atoms with Gasteiger partial charge < -0.3 is 10.1 Å². The Balaban J connectivity index is 2.11. The van der Waals surface area contributed by atoms with Crippen LogP contribution in [0.3, 0.4) is 0 Å². The summed E-state index contributed by atoms with van der Waals surface area (Å²) < 4.78 is 7.27. The van der Waals surface area contributed by atoms with Crippen molar-refractivity contribution in [2.24, 2.45) is 7.05 Å². The molecule has 6 heteroatoms. The first-order valence-electron chi connectivity index (χ1n) is 5.29. The lowest BCUT2D eigenvalue weighted by atomic mass is 10.4. The topological polar surface area (TPSA) is 64.9 Å². The van der Waals surface area contributed by atoms with Gasteiger partial charge in [0, 0.05) is 13.6 Å². The monoisotopic (exact) mass is 221 g/mol. The fourth-order valence-corrected chi connectivity index (χ4v) is 1.45. The molecular formula is C10H15N5O. The van der Waals surface area contributed by atoms with Crippen molar-refractivity contribution in [2.75, 3.05) is 19.7 Å². The molecule has 2 aromatic heterocycles. The molecule has 0 radical (unpaired) electrons. The lowest BCUT2D eigenvalue weighted by molar-refractivity contribution is 0.307. The van der Waals surface area contributed by atoms with Crippen LogP contribution in [0.15, 0.2) is 12.5 Å². The van der Waals surface area contributed by atoms with Crippen molar-refractivity contribution in [3.05, 3.63) is 12.5 Å². The van der Waals surface area contributed by atoms with E-state index in [4.69, 9.17) is 4.74 Å². The number of ether oxygens (including phenoxy) is 1. The molecule has 0 aliphatic heterocycles. The number of nitrogens with one attached hydrogen (secondary N) is 1. The molecule has 2 rings (SSSR count). The Bertz CT molecular complexity index is 467. The second kappa shape index (κ2) is 4.89. The summed E-state index contributed by atoms with van der Waals surface area (Å²) in [6.45, 7) is 4.40. The molecule has 0 aliphatic rings. The van der Waals surface area contributed by atoms with E-state index in [1.165, 1.54) is 6.33 Å². The molecule has 0 unspecified atom stereocenters. The molecule has 2 aromatic rings. The minimum atomic E-state index is 0.592. The fraction of sp³-hybridized carbons (Fsp3) is 0.500. The van der Waals surface area contributed by atoms with E-state index in [1.807, 2.05) is 7.05 Å². The maximum Gasteiger partial charge on any atom is 0.227 e. The highest BCUT2D eigenvalue weighted by Gasteiger charge is 2.07. The van der Waals surface area contributed by atoms with E-state index in [0.29, 0.717) is 12.5 Å². The molecule has 86 valence electrons. The van der Waals surface area contributed by atoms with Gasteiger partial charge in [-0.25, -0.2) is 9.97 Å². The van der Waals surface area contributed by atoms with Crippen molar-refractivity contribution < 1.29 is 4.74 Å². The van der Waals surface area contributed by atoms with Crippen LogP contribution in [0.4, 0.5) is 0 Å². The van der Waals surface area contributed by atoms with Gasteiger partial charge in [0.15, 0.2) is 5.65 Å².